The smallest absolute Gasteiger partial charge is 0.416 e. The maximum absolute atomic E-state index is 13.9. The standard InChI is InChI=1S/C20H15F4N3O5S/c21-16-6-15(3-1-12(16)7-25)32-18-9-27(10-19(18,29)11-28)33(30,31)17-4-2-14(20(22,23)24)5-13(17)8-26/h1-6,18,28-29H,9-11H2/t18-,19+/m0/s1. The van der Waals surface area contributed by atoms with Gasteiger partial charge in [-0.3, -0.25) is 0 Å². The summed E-state index contributed by atoms with van der Waals surface area (Å²) >= 11 is 0. The summed E-state index contributed by atoms with van der Waals surface area (Å²) in [5, 5.41) is 38.3. The second-order valence-electron chi connectivity index (χ2n) is 7.24. The van der Waals surface area contributed by atoms with Crippen LogP contribution < -0.4 is 4.74 Å². The van der Waals surface area contributed by atoms with Crippen LogP contribution in [0.15, 0.2) is 41.3 Å². The van der Waals surface area contributed by atoms with Gasteiger partial charge in [0.25, 0.3) is 0 Å². The van der Waals surface area contributed by atoms with Crippen LogP contribution in [0.1, 0.15) is 16.7 Å². The van der Waals surface area contributed by atoms with Gasteiger partial charge in [-0.25, -0.2) is 12.8 Å². The molecule has 2 N–H and O–H groups in total. The zero-order chi connectivity index (χ0) is 24.6. The molecule has 0 aromatic heterocycles. The van der Waals surface area contributed by atoms with Gasteiger partial charge in [-0.15, -0.1) is 0 Å². The number of aliphatic hydroxyl groups excluding tert-OH is 1. The molecule has 1 aliphatic rings. The first-order valence-electron chi connectivity index (χ1n) is 9.17. The van der Waals surface area contributed by atoms with Crippen molar-refractivity contribution in [2.24, 2.45) is 0 Å². The number of rotatable bonds is 5. The number of halogens is 4. The number of ether oxygens (including phenoxy) is 1. The fourth-order valence-corrected chi connectivity index (χ4v) is 4.92. The lowest BCUT2D eigenvalue weighted by Gasteiger charge is -2.27. The number of β-amino-alcohol motifs (C(OH)–C–C–N with tert-alkyl or cyclic N) is 1. The third-order valence-electron chi connectivity index (χ3n) is 5.08. The molecular weight excluding hydrogens is 470 g/mol. The Morgan fingerprint density at radius 2 is 1.82 bits per heavy atom. The van der Waals surface area contributed by atoms with Crippen LogP contribution in [0.3, 0.4) is 0 Å². The Bertz CT molecular complexity index is 1270. The quantitative estimate of drug-likeness (QED) is 0.617. The Hall–Kier alpha value is -3.23. The maximum atomic E-state index is 13.9. The van der Waals surface area contributed by atoms with Crippen molar-refractivity contribution in [2.75, 3.05) is 19.7 Å². The molecule has 13 heteroatoms. The average Bonchev–Trinajstić information content (AvgIpc) is 3.10. The van der Waals surface area contributed by atoms with Crippen LogP contribution in [-0.4, -0.2) is 54.3 Å². The molecule has 0 aliphatic carbocycles. The lowest BCUT2D eigenvalue weighted by molar-refractivity contribution is -0.137. The van der Waals surface area contributed by atoms with E-state index >= 15 is 0 Å². The van der Waals surface area contributed by atoms with Crippen LogP contribution in [0.5, 0.6) is 5.75 Å². The molecule has 0 amide bonds. The third-order valence-corrected chi connectivity index (χ3v) is 6.95. The van der Waals surface area contributed by atoms with Crippen LogP contribution in [0.2, 0.25) is 0 Å². The predicted molar refractivity (Wildman–Crippen MR) is 102 cm³/mol. The normalized spacial score (nSPS) is 21.4. The summed E-state index contributed by atoms with van der Waals surface area (Å²) in [5.41, 5.74) is -4.39. The molecular formula is C20H15F4N3O5S. The highest BCUT2D eigenvalue weighted by atomic mass is 32.2. The number of nitrogens with zero attached hydrogens (tertiary/aromatic N) is 3. The van der Waals surface area contributed by atoms with Gasteiger partial charge in [-0.2, -0.15) is 28.0 Å². The van der Waals surface area contributed by atoms with Crippen molar-refractivity contribution in [1.82, 2.24) is 4.31 Å². The third kappa shape index (κ3) is 4.62. The number of sulfonamides is 1. The van der Waals surface area contributed by atoms with Crippen LogP contribution in [0.4, 0.5) is 17.6 Å². The largest absolute Gasteiger partial charge is 0.486 e. The number of aliphatic hydroxyl groups is 2. The van der Waals surface area contributed by atoms with Crippen LogP contribution in [0, 0.1) is 28.5 Å². The summed E-state index contributed by atoms with van der Waals surface area (Å²) in [5.74, 6) is -1.08. The minimum atomic E-state index is -4.80. The summed E-state index contributed by atoms with van der Waals surface area (Å²) in [6.45, 7) is -2.23. The number of benzene rings is 2. The molecule has 8 nitrogen and oxygen atoms in total. The molecule has 0 saturated carbocycles. The van der Waals surface area contributed by atoms with Gasteiger partial charge >= 0.3 is 6.18 Å². The molecule has 33 heavy (non-hydrogen) atoms. The molecule has 1 aliphatic heterocycles. The summed E-state index contributed by atoms with van der Waals surface area (Å²) in [6.07, 6.45) is -6.20. The van der Waals surface area contributed by atoms with Crippen molar-refractivity contribution in [3.8, 4) is 17.9 Å². The van der Waals surface area contributed by atoms with Crippen molar-refractivity contribution in [3.05, 3.63) is 58.9 Å². The molecule has 3 rings (SSSR count). The summed E-state index contributed by atoms with van der Waals surface area (Å²) < 4.78 is 84.9. The monoisotopic (exact) mass is 485 g/mol. The van der Waals surface area contributed by atoms with Gasteiger partial charge in [0.15, 0.2) is 0 Å². The fourth-order valence-electron chi connectivity index (χ4n) is 3.29. The van der Waals surface area contributed by atoms with Crippen molar-refractivity contribution in [2.45, 2.75) is 22.8 Å². The maximum Gasteiger partial charge on any atom is 0.416 e. The Balaban J connectivity index is 1.94. The first-order valence-corrected chi connectivity index (χ1v) is 10.6. The SMILES string of the molecule is N#Cc1ccc(O[C@H]2CN(S(=O)(=O)c3ccc(C(F)(F)F)cc3C#N)C[C@@]2(O)CO)cc1F. The molecule has 174 valence electrons. The molecule has 1 heterocycles. The van der Waals surface area contributed by atoms with Gasteiger partial charge in [-0.05, 0) is 30.3 Å². The predicted octanol–water partition coefficient (Wildman–Crippen LogP) is 1.76. The van der Waals surface area contributed by atoms with Crippen LogP contribution in [-0.2, 0) is 16.2 Å². The molecule has 0 bridgehead atoms. The van der Waals surface area contributed by atoms with Crippen molar-refractivity contribution >= 4 is 10.0 Å². The van der Waals surface area contributed by atoms with E-state index in [-0.39, 0.29) is 11.3 Å². The number of nitriles is 2. The van der Waals surface area contributed by atoms with Crippen molar-refractivity contribution in [3.63, 3.8) is 0 Å². The van der Waals surface area contributed by atoms with Gasteiger partial charge in [-0.1, -0.05) is 0 Å². The Morgan fingerprint density at radius 1 is 1.15 bits per heavy atom. The second kappa shape index (κ2) is 8.61. The lowest BCUT2D eigenvalue weighted by Crippen LogP contribution is -2.48. The Labute approximate surface area is 185 Å². The van der Waals surface area contributed by atoms with Gasteiger partial charge in [0.2, 0.25) is 10.0 Å². The van der Waals surface area contributed by atoms with E-state index < -0.39 is 69.4 Å². The Kier molecular flexibility index (Phi) is 6.37. The summed E-state index contributed by atoms with van der Waals surface area (Å²) in [4.78, 5) is -0.719. The molecule has 0 spiro atoms. The molecule has 0 radical (unpaired) electrons. The topological polar surface area (TPSA) is 135 Å². The lowest BCUT2D eigenvalue weighted by atomic mass is 10.0. The molecule has 2 atom stereocenters. The summed E-state index contributed by atoms with van der Waals surface area (Å²) in [7, 11) is -4.59. The first kappa shape index (κ1) is 24.4. The zero-order valence-corrected chi connectivity index (χ0v) is 17.4. The van der Waals surface area contributed by atoms with E-state index in [1.807, 2.05) is 0 Å². The minimum absolute atomic E-state index is 0.158. The number of hydrogen-bond acceptors (Lipinski definition) is 7. The molecule has 2 aromatic rings. The van der Waals surface area contributed by atoms with Gasteiger partial charge in [0.05, 0.1) is 34.7 Å². The molecule has 1 fully saturated rings. The first-order chi connectivity index (χ1) is 15.4. The van der Waals surface area contributed by atoms with Gasteiger partial charge in [0.1, 0.15) is 35.4 Å². The number of alkyl halides is 3. The van der Waals surface area contributed by atoms with Gasteiger partial charge < -0.3 is 14.9 Å². The molecule has 1 saturated heterocycles. The van der Waals surface area contributed by atoms with Crippen LogP contribution in [0.25, 0.3) is 0 Å². The van der Waals surface area contributed by atoms with E-state index in [9.17, 15) is 41.5 Å². The fraction of sp³-hybridized carbons (Fsp3) is 0.300. The minimum Gasteiger partial charge on any atom is -0.486 e. The number of hydrogen-bond donors (Lipinski definition) is 2. The molecule has 2 aromatic carbocycles. The highest BCUT2D eigenvalue weighted by molar-refractivity contribution is 7.89. The van der Waals surface area contributed by atoms with Crippen LogP contribution >= 0.6 is 0 Å². The Morgan fingerprint density at radius 3 is 2.36 bits per heavy atom. The molecule has 0 unspecified atom stereocenters. The second-order valence-corrected chi connectivity index (χ2v) is 9.15. The van der Waals surface area contributed by atoms with Crippen molar-refractivity contribution < 1.29 is 40.9 Å². The van der Waals surface area contributed by atoms with E-state index in [4.69, 9.17) is 10.00 Å². The zero-order valence-electron chi connectivity index (χ0n) is 16.5. The van der Waals surface area contributed by atoms with E-state index in [1.54, 1.807) is 6.07 Å². The van der Waals surface area contributed by atoms with E-state index in [2.05, 4.69) is 0 Å². The van der Waals surface area contributed by atoms with Gasteiger partial charge in [0, 0.05) is 12.6 Å². The van der Waals surface area contributed by atoms with E-state index in [0.717, 1.165) is 12.1 Å². The average molecular weight is 485 g/mol. The highest BCUT2D eigenvalue weighted by Crippen LogP contribution is 2.35. The van der Waals surface area contributed by atoms with E-state index in [1.165, 1.54) is 12.1 Å². The summed E-state index contributed by atoms with van der Waals surface area (Å²) in [6, 6.07) is 7.73. The van der Waals surface area contributed by atoms with Crippen molar-refractivity contribution in [1.29, 1.82) is 10.5 Å². The van der Waals surface area contributed by atoms with E-state index in [0.29, 0.717) is 22.5 Å². The highest BCUT2D eigenvalue weighted by Gasteiger charge is 2.51.